The van der Waals surface area contributed by atoms with Crippen molar-refractivity contribution in [3.05, 3.63) is 77.1 Å². The zero-order chi connectivity index (χ0) is 23.4. The Kier molecular flexibility index (Phi) is 4.94. The van der Waals surface area contributed by atoms with E-state index >= 15 is 0 Å². The lowest BCUT2D eigenvalue weighted by Gasteiger charge is -2.31. The van der Waals surface area contributed by atoms with E-state index in [1.54, 1.807) is 19.2 Å². The number of benzene rings is 2. The maximum absolute atomic E-state index is 13.9. The van der Waals surface area contributed by atoms with E-state index in [9.17, 15) is 9.59 Å². The molecule has 2 aromatic carbocycles. The molecule has 2 fully saturated rings. The van der Waals surface area contributed by atoms with Crippen molar-refractivity contribution in [1.82, 2.24) is 19.6 Å². The van der Waals surface area contributed by atoms with Crippen LogP contribution in [-0.2, 0) is 0 Å². The van der Waals surface area contributed by atoms with Gasteiger partial charge in [0.1, 0.15) is 11.4 Å². The van der Waals surface area contributed by atoms with E-state index in [4.69, 9.17) is 9.84 Å². The number of likely N-dealkylation sites (tertiary alicyclic amines) is 1. The molecule has 1 saturated carbocycles. The van der Waals surface area contributed by atoms with Crippen molar-refractivity contribution in [3.63, 3.8) is 0 Å². The Morgan fingerprint density at radius 3 is 2.44 bits per heavy atom. The number of aromatic nitrogens is 2. The predicted molar refractivity (Wildman–Crippen MR) is 127 cm³/mol. The van der Waals surface area contributed by atoms with Gasteiger partial charge in [0.2, 0.25) is 0 Å². The number of fused-ring (bicyclic) bond motifs is 1. The molecule has 0 N–H and O–H groups in total. The van der Waals surface area contributed by atoms with Crippen LogP contribution in [0.25, 0.3) is 5.69 Å². The summed E-state index contributed by atoms with van der Waals surface area (Å²) in [4.78, 5) is 31.0. The minimum atomic E-state index is 0.00364. The quantitative estimate of drug-likeness (QED) is 0.582. The zero-order valence-electron chi connectivity index (χ0n) is 19.5. The van der Waals surface area contributed by atoms with E-state index in [2.05, 4.69) is 4.90 Å². The topological polar surface area (TPSA) is 67.7 Å². The molecule has 2 amide bonds. The van der Waals surface area contributed by atoms with Crippen LogP contribution in [0.3, 0.4) is 0 Å². The van der Waals surface area contributed by atoms with Crippen molar-refractivity contribution in [1.29, 1.82) is 0 Å². The summed E-state index contributed by atoms with van der Waals surface area (Å²) >= 11 is 0. The molecule has 6 rings (SSSR count). The monoisotopic (exact) mass is 456 g/mol. The first-order chi connectivity index (χ1) is 16.6. The Labute approximate surface area is 198 Å². The summed E-state index contributed by atoms with van der Waals surface area (Å²) in [5, 5.41) is 4.77. The van der Waals surface area contributed by atoms with Gasteiger partial charge in [-0.2, -0.15) is 5.10 Å². The van der Waals surface area contributed by atoms with E-state index < -0.39 is 0 Å². The number of rotatable bonds is 5. The second-order valence-electron chi connectivity index (χ2n) is 9.51. The largest absolute Gasteiger partial charge is 0.497 e. The number of hydrogen-bond donors (Lipinski definition) is 0. The smallest absolute Gasteiger partial charge is 0.273 e. The van der Waals surface area contributed by atoms with Gasteiger partial charge < -0.3 is 14.5 Å². The number of aryl methyl sites for hydroxylation is 1. The Bertz CT molecular complexity index is 1250. The molecule has 3 aliphatic rings. The van der Waals surface area contributed by atoms with Crippen LogP contribution in [-0.4, -0.2) is 57.6 Å². The number of nitrogens with zero attached hydrogens (tertiary/aromatic N) is 4. The fraction of sp³-hybridized carbons (Fsp3) is 0.370. The van der Waals surface area contributed by atoms with Gasteiger partial charge >= 0.3 is 0 Å². The lowest BCUT2D eigenvalue weighted by atomic mass is 10.0. The number of carbonyl (C=O) groups excluding carboxylic acids is 2. The van der Waals surface area contributed by atoms with Gasteiger partial charge in [0.25, 0.3) is 11.8 Å². The zero-order valence-corrected chi connectivity index (χ0v) is 19.5. The minimum absolute atomic E-state index is 0.00364. The van der Waals surface area contributed by atoms with Gasteiger partial charge in [0.15, 0.2) is 0 Å². The molecule has 3 aromatic rings. The molecule has 1 aromatic heterocycles. The number of carbonyl (C=O) groups is 2. The van der Waals surface area contributed by atoms with Gasteiger partial charge in [0.05, 0.1) is 30.6 Å². The molecule has 7 nitrogen and oxygen atoms in total. The molecular formula is C27H28N4O3. The highest BCUT2D eigenvalue weighted by Crippen LogP contribution is 2.52. The second kappa shape index (κ2) is 8.01. The standard InChI is InChI=1S/C27H28N4O3/c1-17-23-24(18-8-9-18)30(27(33)25(23)31(28-17)20-6-4-3-5-7-20)21-14-15-29(16-21)26(32)19-10-12-22(34-2)13-11-19/h3-7,10-13,18,21,24H,8-9,14-16H2,1-2H3. The molecule has 174 valence electrons. The Morgan fingerprint density at radius 1 is 1.03 bits per heavy atom. The second-order valence-corrected chi connectivity index (χ2v) is 9.51. The van der Waals surface area contributed by atoms with Crippen LogP contribution in [0.2, 0.25) is 0 Å². The first kappa shape index (κ1) is 21.0. The average molecular weight is 457 g/mol. The van der Waals surface area contributed by atoms with Gasteiger partial charge in [-0.25, -0.2) is 4.68 Å². The summed E-state index contributed by atoms with van der Waals surface area (Å²) in [6.45, 7) is 3.22. The van der Waals surface area contributed by atoms with Crippen LogP contribution in [0, 0.1) is 12.8 Å². The number of methoxy groups -OCH3 is 1. The van der Waals surface area contributed by atoms with Crippen molar-refractivity contribution in [2.45, 2.75) is 38.3 Å². The summed E-state index contributed by atoms with van der Waals surface area (Å²) in [5.41, 5.74) is 4.25. The van der Waals surface area contributed by atoms with Crippen molar-refractivity contribution >= 4 is 11.8 Å². The molecule has 1 aliphatic carbocycles. The van der Waals surface area contributed by atoms with Crippen molar-refractivity contribution in [2.24, 2.45) is 5.92 Å². The van der Waals surface area contributed by atoms with Crippen molar-refractivity contribution in [3.8, 4) is 11.4 Å². The van der Waals surface area contributed by atoms with Crippen molar-refractivity contribution in [2.75, 3.05) is 20.2 Å². The maximum Gasteiger partial charge on any atom is 0.273 e. The van der Waals surface area contributed by atoms with E-state index in [1.165, 1.54) is 0 Å². The number of ether oxygens (including phenoxy) is 1. The van der Waals surface area contributed by atoms with Gasteiger partial charge in [-0.1, -0.05) is 18.2 Å². The Hall–Kier alpha value is -3.61. The third-order valence-electron chi connectivity index (χ3n) is 7.39. The molecule has 0 radical (unpaired) electrons. The minimum Gasteiger partial charge on any atom is -0.497 e. The molecule has 2 unspecified atom stereocenters. The van der Waals surface area contributed by atoms with E-state index in [-0.39, 0.29) is 23.9 Å². The lowest BCUT2D eigenvalue weighted by molar-refractivity contribution is 0.0579. The fourth-order valence-corrected chi connectivity index (χ4v) is 5.58. The van der Waals surface area contributed by atoms with E-state index in [1.807, 2.05) is 59.0 Å². The molecule has 3 heterocycles. The van der Waals surface area contributed by atoms with E-state index in [0.717, 1.165) is 42.0 Å². The summed E-state index contributed by atoms with van der Waals surface area (Å²) in [7, 11) is 1.61. The van der Waals surface area contributed by atoms with Gasteiger partial charge in [-0.15, -0.1) is 0 Å². The summed E-state index contributed by atoms with van der Waals surface area (Å²) in [6.07, 6.45) is 3.05. The molecule has 2 aliphatic heterocycles. The highest BCUT2D eigenvalue weighted by atomic mass is 16.5. The molecule has 34 heavy (non-hydrogen) atoms. The first-order valence-electron chi connectivity index (χ1n) is 12.0. The Balaban J connectivity index is 1.29. The van der Waals surface area contributed by atoms with Crippen LogP contribution in [0.1, 0.15) is 57.4 Å². The van der Waals surface area contributed by atoms with Crippen LogP contribution in [0.4, 0.5) is 0 Å². The summed E-state index contributed by atoms with van der Waals surface area (Å²) in [6, 6.07) is 17.2. The maximum atomic E-state index is 13.9. The number of hydrogen-bond acceptors (Lipinski definition) is 4. The molecular weight excluding hydrogens is 428 g/mol. The molecule has 0 bridgehead atoms. The number of amides is 2. The molecule has 0 spiro atoms. The van der Waals surface area contributed by atoms with Crippen LogP contribution >= 0.6 is 0 Å². The first-order valence-corrected chi connectivity index (χ1v) is 12.0. The van der Waals surface area contributed by atoms with E-state index in [0.29, 0.717) is 30.3 Å². The fourth-order valence-electron chi connectivity index (χ4n) is 5.58. The molecule has 7 heteroatoms. The van der Waals surface area contributed by atoms with Crippen LogP contribution < -0.4 is 4.74 Å². The van der Waals surface area contributed by atoms with Crippen LogP contribution in [0.15, 0.2) is 54.6 Å². The third-order valence-corrected chi connectivity index (χ3v) is 7.39. The van der Waals surface area contributed by atoms with Crippen molar-refractivity contribution < 1.29 is 14.3 Å². The third kappa shape index (κ3) is 3.30. The normalized spacial score (nSPS) is 21.8. The summed E-state index contributed by atoms with van der Waals surface area (Å²) < 4.78 is 7.03. The Morgan fingerprint density at radius 2 is 1.76 bits per heavy atom. The van der Waals surface area contributed by atoms with Crippen LogP contribution in [0.5, 0.6) is 5.75 Å². The SMILES string of the molecule is COc1ccc(C(=O)N2CCC(N3C(=O)c4c(c(C)nn4-c4ccccc4)C3C3CC3)C2)cc1. The van der Waals surface area contributed by atoms with Gasteiger partial charge in [0, 0.05) is 24.2 Å². The van der Waals surface area contributed by atoms with Gasteiger partial charge in [-0.05, 0) is 68.5 Å². The highest BCUT2D eigenvalue weighted by molar-refractivity contribution is 5.99. The summed E-state index contributed by atoms with van der Waals surface area (Å²) in [5.74, 6) is 1.25. The van der Waals surface area contributed by atoms with Gasteiger partial charge in [-0.3, -0.25) is 9.59 Å². The number of para-hydroxylation sites is 1. The predicted octanol–water partition coefficient (Wildman–Crippen LogP) is 4.01. The lowest BCUT2D eigenvalue weighted by Crippen LogP contribution is -2.42. The highest BCUT2D eigenvalue weighted by Gasteiger charge is 2.52. The molecule has 2 atom stereocenters. The molecule has 1 saturated heterocycles. The average Bonchev–Trinajstić information content (AvgIpc) is 3.37.